The normalized spacial score (nSPS) is 19.9. The van der Waals surface area contributed by atoms with Gasteiger partial charge in [0.2, 0.25) is 0 Å². The summed E-state index contributed by atoms with van der Waals surface area (Å²) in [6, 6.07) is 0. The van der Waals surface area contributed by atoms with Crippen LogP contribution in [-0.4, -0.2) is 41.5 Å². The van der Waals surface area contributed by atoms with E-state index in [4.69, 9.17) is 5.11 Å². The van der Waals surface area contributed by atoms with Gasteiger partial charge in [-0.1, -0.05) is 5.16 Å². The number of nitrogens with one attached hydrogen (secondary N) is 1. The van der Waals surface area contributed by atoms with Crippen LogP contribution in [-0.2, 0) is 14.4 Å². The number of aliphatic carboxylic acids is 1. The maximum absolute atomic E-state index is 11.8. The number of oxime groups is 1. The number of carboxylic acid groups (broad SMARTS) is 1. The Kier molecular flexibility index (Phi) is 3.35. The van der Waals surface area contributed by atoms with Crippen LogP contribution in [0, 0.1) is 0 Å². The molecule has 9 heteroatoms. The van der Waals surface area contributed by atoms with E-state index >= 15 is 0 Å². The molecule has 0 aromatic rings. The summed E-state index contributed by atoms with van der Waals surface area (Å²) in [5, 5.41) is 13.2. The first-order valence-corrected chi connectivity index (χ1v) is 4.11. The van der Waals surface area contributed by atoms with E-state index < -0.39 is 30.7 Å². The molecule has 1 atom stereocenters. The Morgan fingerprint density at radius 3 is 2.62 bits per heavy atom. The fraction of sp³-hybridized carbons (Fsp3) is 0.571. The number of nitrogens with zero attached hydrogens (tertiary/aromatic N) is 1. The first-order valence-electron chi connectivity index (χ1n) is 4.11. The summed E-state index contributed by atoms with van der Waals surface area (Å²) in [4.78, 5) is 25.3. The highest BCUT2D eigenvalue weighted by Gasteiger charge is 2.39. The molecule has 2 N–H and O–H groups in total. The monoisotopic (exact) mass is 240 g/mol. The van der Waals surface area contributed by atoms with E-state index in [1.807, 2.05) is 0 Å². The Morgan fingerprint density at radius 2 is 2.19 bits per heavy atom. The van der Waals surface area contributed by atoms with Crippen molar-refractivity contribution in [3.63, 3.8) is 0 Å². The molecule has 1 unspecified atom stereocenters. The molecule has 0 radical (unpaired) electrons. The SMILES string of the molecule is O=C(O)C1=NOC(CNC(=O)C(F)(F)F)C1. The van der Waals surface area contributed by atoms with Gasteiger partial charge in [0.1, 0.15) is 0 Å². The van der Waals surface area contributed by atoms with Crippen LogP contribution < -0.4 is 5.32 Å². The fourth-order valence-corrected chi connectivity index (χ4v) is 0.971. The number of carboxylic acids is 1. The molecule has 0 aliphatic carbocycles. The smallest absolute Gasteiger partial charge is 0.471 e. The zero-order valence-electron chi connectivity index (χ0n) is 7.74. The highest BCUT2D eigenvalue weighted by Crippen LogP contribution is 2.15. The van der Waals surface area contributed by atoms with Gasteiger partial charge in [-0.3, -0.25) is 4.79 Å². The average molecular weight is 240 g/mol. The van der Waals surface area contributed by atoms with Crippen molar-refractivity contribution in [3.05, 3.63) is 0 Å². The van der Waals surface area contributed by atoms with E-state index in [1.165, 1.54) is 0 Å². The number of halogens is 3. The van der Waals surface area contributed by atoms with Gasteiger partial charge in [0.25, 0.3) is 0 Å². The first-order chi connectivity index (χ1) is 7.30. The molecule has 90 valence electrons. The molecule has 1 heterocycles. The second kappa shape index (κ2) is 4.37. The minimum absolute atomic E-state index is 0.145. The van der Waals surface area contributed by atoms with Crippen LogP contribution in [0.3, 0.4) is 0 Å². The molecule has 1 amide bonds. The number of amides is 1. The van der Waals surface area contributed by atoms with Gasteiger partial charge in [0.15, 0.2) is 11.8 Å². The Labute approximate surface area is 87.0 Å². The zero-order valence-corrected chi connectivity index (χ0v) is 7.74. The molecule has 0 aromatic heterocycles. The van der Waals surface area contributed by atoms with Crippen molar-refractivity contribution in [2.75, 3.05) is 6.54 Å². The molecule has 0 fully saturated rings. The quantitative estimate of drug-likeness (QED) is 0.720. The summed E-state index contributed by atoms with van der Waals surface area (Å²) < 4.78 is 35.3. The van der Waals surface area contributed by atoms with Crippen molar-refractivity contribution in [2.24, 2.45) is 5.16 Å². The molecule has 1 aliphatic rings. The van der Waals surface area contributed by atoms with Gasteiger partial charge in [-0.05, 0) is 0 Å². The van der Waals surface area contributed by atoms with Gasteiger partial charge >= 0.3 is 18.1 Å². The third-order valence-electron chi connectivity index (χ3n) is 1.73. The molecular formula is C7H7F3N2O4. The summed E-state index contributed by atoms with van der Waals surface area (Å²) in [5.74, 6) is -3.40. The maximum atomic E-state index is 11.8. The highest BCUT2D eigenvalue weighted by molar-refractivity contribution is 6.35. The molecule has 0 spiro atoms. The van der Waals surface area contributed by atoms with Gasteiger partial charge in [-0.2, -0.15) is 13.2 Å². The van der Waals surface area contributed by atoms with Crippen LogP contribution >= 0.6 is 0 Å². The van der Waals surface area contributed by atoms with Crippen LogP contribution in [0.2, 0.25) is 0 Å². The van der Waals surface area contributed by atoms with Crippen molar-refractivity contribution in [2.45, 2.75) is 18.7 Å². The van der Waals surface area contributed by atoms with Crippen LogP contribution in [0.25, 0.3) is 0 Å². The zero-order chi connectivity index (χ0) is 12.3. The summed E-state index contributed by atoms with van der Waals surface area (Å²) >= 11 is 0. The van der Waals surface area contributed by atoms with Crippen molar-refractivity contribution < 1.29 is 32.7 Å². The van der Waals surface area contributed by atoms with Gasteiger partial charge in [-0.15, -0.1) is 0 Å². The Balaban J connectivity index is 2.33. The summed E-state index contributed by atoms with van der Waals surface area (Å²) in [5.41, 5.74) is -0.286. The third-order valence-corrected chi connectivity index (χ3v) is 1.73. The van der Waals surface area contributed by atoms with Gasteiger partial charge in [-0.25, -0.2) is 4.79 Å². The molecule has 1 rings (SSSR count). The van der Waals surface area contributed by atoms with E-state index in [1.54, 1.807) is 5.32 Å². The van der Waals surface area contributed by atoms with Crippen LogP contribution in [0.5, 0.6) is 0 Å². The van der Waals surface area contributed by atoms with Crippen LogP contribution in [0.4, 0.5) is 13.2 Å². The van der Waals surface area contributed by atoms with E-state index in [0.717, 1.165) is 0 Å². The lowest BCUT2D eigenvalue weighted by molar-refractivity contribution is -0.174. The molecule has 0 aromatic carbocycles. The van der Waals surface area contributed by atoms with Crippen molar-refractivity contribution in [1.82, 2.24) is 5.32 Å². The van der Waals surface area contributed by atoms with Gasteiger partial charge in [0.05, 0.1) is 6.54 Å². The number of carbonyl (C=O) groups is 2. The minimum atomic E-state index is -4.96. The predicted molar refractivity (Wildman–Crippen MR) is 43.6 cm³/mol. The second-order valence-corrected chi connectivity index (χ2v) is 2.98. The number of hydrogen-bond acceptors (Lipinski definition) is 4. The molecule has 0 saturated carbocycles. The molecular weight excluding hydrogens is 233 g/mol. The molecule has 0 bridgehead atoms. The summed E-state index contributed by atoms with van der Waals surface area (Å²) in [6.45, 7) is -0.446. The van der Waals surface area contributed by atoms with Gasteiger partial charge in [0, 0.05) is 6.42 Å². The Bertz CT molecular complexity index is 339. The third kappa shape index (κ3) is 3.11. The standard InChI is InChI=1S/C7H7F3N2O4/c8-7(9,10)6(15)11-2-3-1-4(5(13)14)12-16-3/h3H,1-2H2,(H,11,15)(H,13,14). The maximum Gasteiger partial charge on any atom is 0.471 e. The van der Waals surface area contributed by atoms with E-state index in [9.17, 15) is 22.8 Å². The average Bonchev–Trinajstić information content (AvgIpc) is 2.60. The molecule has 6 nitrogen and oxygen atoms in total. The minimum Gasteiger partial charge on any atom is -0.477 e. The number of alkyl halides is 3. The van der Waals surface area contributed by atoms with Crippen molar-refractivity contribution >= 4 is 17.6 Å². The number of hydrogen-bond donors (Lipinski definition) is 2. The first kappa shape index (κ1) is 12.3. The van der Waals surface area contributed by atoms with E-state index in [-0.39, 0.29) is 12.1 Å². The summed E-state index contributed by atoms with van der Waals surface area (Å²) in [7, 11) is 0. The molecule has 16 heavy (non-hydrogen) atoms. The lowest BCUT2D eigenvalue weighted by atomic mass is 10.2. The van der Waals surface area contributed by atoms with Gasteiger partial charge < -0.3 is 15.3 Å². The second-order valence-electron chi connectivity index (χ2n) is 2.98. The van der Waals surface area contributed by atoms with Crippen molar-refractivity contribution in [1.29, 1.82) is 0 Å². The fourth-order valence-electron chi connectivity index (χ4n) is 0.971. The van der Waals surface area contributed by atoms with Crippen molar-refractivity contribution in [3.8, 4) is 0 Å². The largest absolute Gasteiger partial charge is 0.477 e. The Hall–Kier alpha value is -1.80. The topological polar surface area (TPSA) is 88.0 Å². The van der Waals surface area contributed by atoms with E-state index in [2.05, 4.69) is 9.99 Å². The Morgan fingerprint density at radius 1 is 1.56 bits per heavy atom. The van der Waals surface area contributed by atoms with Crippen LogP contribution in [0.15, 0.2) is 5.16 Å². The summed E-state index contributed by atoms with van der Waals surface area (Å²) in [6.07, 6.45) is -5.99. The lowest BCUT2D eigenvalue weighted by Crippen LogP contribution is -2.40. The van der Waals surface area contributed by atoms with Crippen LogP contribution in [0.1, 0.15) is 6.42 Å². The molecule has 0 saturated heterocycles. The predicted octanol–water partition coefficient (Wildman–Crippen LogP) is -0.106. The highest BCUT2D eigenvalue weighted by atomic mass is 19.4. The lowest BCUT2D eigenvalue weighted by Gasteiger charge is -2.10. The van der Waals surface area contributed by atoms with E-state index in [0.29, 0.717) is 0 Å². The molecule has 1 aliphatic heterocycles. The number of rotatable bonds is 3. The number of carbonyl (C=O) groups excluding carboxylic acids is 1.